The third-order valence-corrected chi connectivity index (χ3v) is 2.75. The summed E-state index contributed by atoms with van der Waals surface area (Å²) in [5.74, 6) is -0.707. The molecule has 2 rings (SSSR count). The first-order valence-electron chi connectivity index (χ1n) is 5.62. The van der Waals surface area contributed by atoms with Crippen molar-refractivity contribution < 1.29 is 9.72 Å². The number of halogens is 1. The Bertz CT molecular complexity index is 770. The number of pyridine rings is 1. The molecule has 0 fully saturated rings. The molecule has 1 aromatic carbocycles. The number of rotatable bonds is 3. The largest absolute Gasteiger partial charge is 0.322 e. The number of hydrogen-bond acceptors (Lipinski definition) is 5. The third kappa shape index (κ3) is 3.32. The van der Waals surface area contributed by atoms with Gasteiger partial charge in [-0.2, -0.15) is 5.26 Å². The summed E-state index contributed by atoms with van der Waals surface area (Å²) in [7, 11) is 0. The van der Waals surface area contributed by atoms with Crippen LogP contribution in [0.1, 0.15) is 15.9 Å². The van der Waals surface area contributed by atoms with E-state index in [1.807, 2.05) is 6.07 Å². The molecule has 2 aromatic rings. The number of benzene rings is 1. The van der Waals surface area contributed by atoms with Crippen LogP contribution in [0.25, 0.3) is 0 Å². The fourth-order valence-corrected chi connectivity index (χ4v) is 1.77. The lowest BCUT2D eigenvalue weighted by Gasteiger charge is -2.06. The van der Waals surface area contributed by atoms with Crippen molar-refractivity contribution in [2.75, 3.05) is 5.32 Å². The maximum atomic E-state index is 12.1. The lowest BCUT2D eigenvalue weighted by Crippen LogP contribution is -2.14. The van der Waals surface area contributed by atoms with E-state index in [0.29, 0.717) is 11.3 Å². The van der Waals surface area contributed by atoms with Crippen LogP contribution in [0, 0.1) is 21.4 Å². The van der Waals surface area contributed by atoms with Crippen molar-refractivity contribution >= 4 is 28.9 Å². The minimum Gasteiger partial charge on any atom is -0.322 e. The van der Waals surface area contributed by atoms with Crippen LogP contribution >= 0.6 is 11.6 Å². The summed E-state index contributed by atoms with van der Waals surface area (Å²) >= 11 is 5.66. The van der Waals surface area contributed by atoms with Crippen LogP contribution < -0.4 is 5.32 Å². The second-order valence-electron chi connectivity index (χ2n) is 3.93. The van der Waals surface area contributed by atoms with Crippen LogP contribution in [0.3, 0.4) is 0 Å². The molecule has 8 heteroatoms. The molecule has 0 saturated heterocycles. The van der Waals surface area contributed by atoms with Crippen LogP contribution in [0.5, 0.6) is 0 Å². The van der Waals surface area contributed by atoms with Crippen LogP contribution in [0.2, 0.25) is 5.15 Å². The molecule has 1 aromatic heterocycles. The zero-order chi connectivity index (χ0) is 15.4. The van der Waals surface area contributed by atoms with Crippen LogP contribution in [-0.4, -0.2) is 15.8 Å². The van der Waals surface area contributed by atoms with E-state index in [4.69, 9.17) is 16.9 Å². The van der Waals surface area contributed by atoms with Crippen molar-refractivity contribution in [2.24, 2.45) is 0 Å². The predicted octanol–water partition coefficient (Wildman–Crippen LogP) is 2.77. The number of anilines is 1. The quantitative estimate of drug-likeness (QED) is 0.532. The lowest BCUT2D eigenvalue weighted by atomic mass is 10.2. The minimum atomic E-state index is -0.718. The molecule has 7 nitrogen and oxygen atoms in total. The van der Waals surface area contributed by atoms with Crippen LogP contribution in [0.4, 0.5) is 11.4 Å². The molecule has 0 aliphatic heterocycles. The first-order chi connectivity index (χ1) is 10.0. The fourth-order valence-electron chi connectivity index (χ4n) is 1.61. The number of nitrogens with zero attached hydrogens (tertiary/aromatic N) is 3. The van der Waals surface area contributed by atoms with Gasteiger partial charge in [0.1, 0.15) is 16.9 Å². The summed E-state index contributed by atoms with van der Waals surface area (Å²) in [4.78, 5) is 25.9. The minimum absolute atomic E-state index is 0.0310. The Morgan fingerprint density at radius 1 is 1.43 bits per heavy atom. The Morgan fingerprint density at radius 3 is 2.86 bits per heavy atom. The molecule has 0 bridgehead atoms. The number of amides is 1. The van der Waals surface area contributed by atoms with Crippen molar-refractivity contribution in [3.8, 4) is 6.07 Å². The van der Waals surface area contributed by atoms with Gasteiger partial charge >= 0.3 is 0 Å². The predicted molar refractivity (Wildman–Crippen MR) is 75.0 cm³/mol. The molecular formula is C13H7ClN4O3. The zero-order valence-corrected chi connectivity index (χ0v) is 11.2. The van der Waals surface area contributed by atoms with Crippen molar-refractivity contribution in [2.45, 2.75) is 0 Å². The average molecular weight is 303 g/mol. The molecule has 1 N–H and O–H groups in total. The fraction of sp³-hybridized carbons (Fsp3) is 0. The maximum absolute atomic E-state index is 12.1. The molecule has 1 amide bonds. The summed E-state index contributed by atoms with van der Waals surface area (Å²) in [6.45, 7) is 0. The number of nitro groups is 1. The Kier molecular flexibility index (Phi) is 4.11. The molecule has 0 radical (unpaired) electrons. The molecular weight excluding hydrogens is 296 g/mol. The van der Waals surface area contributed by atoms with Crippen molar-refractivity contribution in [1.82, 2.24) is 4.98 Å². The highest BCUT2D eigenvalue weighted by Gasteiger charge is 2.21. The standard InChI is InChI=1S/C13H7ClN4O3/c14-12-5-10(11(7-16-12)18(20)21)13(19)17-9-3-1-2-8(4-9)6-15/h1-5,7H,(H,17,19). The van der Waals surface area contributed by atoms with E-state index < -0.39 is 16.5 Å². The van der Waals surface area contributed by atoms with Gasteiger partial charge in [-0.05, 0) is 24.3 Å². The van der Waals surface area contributed by atoms with E-state index in [2.05, 4.69) is 10.3 Å². The number of carbonyl (C=O) groups excluding carboxylic acids is 1. The van der Waals surface area contributed by atoms with E-state index in [0.717, 1.165) is 12.3 Å². The molecule has 0 spiro atoms. The molecule has 0 saturated carbocycles. The first kappa shape index (κ1) is 14.4. The summed E-state index contributed by atoms with van der Waals surface area (Å²) in [6, 6.07) is 9.21. The van der Waals surface area contributed by atoms with E-state index in [1.54, 1.807) is 18.2 Å². The SMILES string of the molecule is N#Cc1cccc(NC(=O)c2cc(Cl)ncc2[N+](=O)[O-])c1. The van der Waals surface area contributed by atoms with Gasteiger partial charge in [0, 0.05) is 5.69 Å². The van der Waals surface area contributed by atoms with Gasteiger partial charge in [-0.15, -0.1) is 0 Å². The second-order valence-corrected chi connectivity index (χ2v) is 4.32. The molecule has 0 aliphatic carbocycles. The summed E-state index contributed by atoms with van der Waals surface area (Å²) < 4.78 is 0. The maximum Gasteiger partial charge on any atom is 0.300 e. The van der Waals surface area contributed by atoms with Gasteiger partial charge in [-0.25, -0.2) is 4.98 Å². The molecule has 0 unspecified atom stereocenters. The highest BCUT2D eigenvalue weighted by molar-refractivity contribution is 6.30. The normalized spacial score (nSPS) is 9.71. The van der Waals surface area contributed by atoms with Gasteiger partial charge in [0.15, 0.2) is 0 Å². The number of carbonyl (C=O) groups is 1. The molecule has 0 aliphatic rings. The number of hydrogen-bond donors (Lipinski definition) is 1. The molecule has 104 valence electrons. The van der Waals surface area contributed by atoms with Crippen molar-refractivity contribution in [3.05, 3.63) is 62.9 Å². The van der Waals surface area contributed by atoms with Gasteiger partial charge in [0.05, 0.1) is 16.6 Å². The van der Waals surface area contributed by atoms with Gasteiger partial charge in [0.2, 0.25) is 0 Å². The second kappa shape index (κ2) is 5.98. The van der Waals surface area contributed by atoms with Crippen LogP contribution in [0.15, 0.2) is 36.5 Å². The Hall–Kier alpha value is -2.98. The van der Waals surface area contributed by atoms with E-state index in [1.165, 1.54) is 6.07 Å². The number of nitrogens with one attached hydrogen (secondary N) is 1. The van der Waals surface area contributed by atoms with Gasteiger partial charge < -0.3 is 5.32 Å². The summed E-state index contributed by atoms with van der Waals surface area (Å²) in [5, 5.41) is 22.1. The topological polar surface area (TPSA) is 109 Å². The summed E-state index contributed by atoms with van der Waals surface area (Å²) in [5.41, 5.74) is 0.0482. The van der Waals surface area contributed by atoms with E-state index >= 15 is 0 Å². The van der Waals surface area contributed by atoms with Gasteiger partial charge in [-0.1, -0.05) is 17.7 Å². The van der Waals surface area contributed by atoms with Crippen molar-refractivity contribution in [1.29, 1.82) is 5.26 Å². The highest BCUT2D eigenvalue weighted by Crippen LogP contribution is 2.22. The average Bonchev–Trinajstić information content (AvgIpc) is 2.47. The number of nitriles is 1. The highest BCUT2D eigenvalue weighted by atomic mass is 35.5. The van der Waals surface area contributed by atoms with Crippen LogP contribution in [-0.2, 0) is 0 Å². The lowest BCUT2D eigenvalue weighted by molar-refractivity contribution is -0.385. The Morgan fingerprint density at radius 2 is 2.19 bits per heavy atom. The number of aromatic nitrogens is 1. The monoisotopic (exact) mass is 302 g/mol. The van der Waals surface area contributed by atoms with Crippen molar-refractivity contribution in [3.63, 3.8) is 0 Å². The molecule has 1 heterocycles. The van der Waals surface area contributed by atoms with E-state index in [-0.39, 0.29) is 10.7 Å². The van der Waals surface area contributed by atoms with Gasteiger partial charge in [0.25, 0.3) is 11.6 Å². The third-order valence-electron chi connectivity index (χ3n) is 2.54. The summed E-state index contributed by atoms with van der Waals surface area (Å²) in [6.07, 6.45) is 0.920. The van der Waals surface area contributed by atoms with E-state index in [9.17, 15) is 14.9 Å². The Balaban J connectivity index is 2.34. The first-order valence-corrected chi connectivity index (χ1v) is 6.00. The Labute approximate surface area is 123 Å². The smallest absolute Gasteiger partial charge is 0.300 e. The zero-order valence-electron chi connectivity index (χ0n) is 10.4. The van der Waals surface area contributed by atoms with Gasteiger partial charge in [-0.3, -0.25) is 14.9 Å². The molecule has 21 heavy (non-hydrogen) atoms. The molecule has 0 atom stereocenters.